The number of carbonyl (C=O) groups excluding carboxylic acids is 3. The summed E-state index contributed by atoms with van der Waals surface area (Å²) in [5, 5.41) is 16.8. The first-order valence-corrected chi connectivity index (χ1v) is 12.8. The van der Waals surface area contributed by atoms with Crippen molar-refractivity contribution in [1.82, 2.24) is 16.0 Å². The summed E-state index contributed by atoms with van der Waals surface area (Å²) in [6.07, 6.45) is 4.16. The molecule has 0 spiro atoms. The monoisotopic (exact) mass is 519 g/mol. The van der Waals surface area contributed by atoms with E-state index in [4.69, 9.17) is 24.1 Å². The predicted molar refractivity (Wildman–Crippen MR) is 133 cm³/mol. The maximum absolute atomic E-state index is 11.7. The van der Waals surface area contributed by atoms with E-state index in [1.54, 1.807) is 0 Å². The lowest BCUT2D eigenvalue weighted by molar-refractivity contribution is -0.137. The highest BCUT2D eigenvalue weighted by Gasteiger charge is 2.03. The molecule has 0 saturated heterocycles. The molecule has 12 heteroatoms. The van der Waals surface area contributed by atoms with Crippen LogP contribution in [-0.4, -0.2) is 101 Å². The number of unbranched alkanes of at least 4 members (excludes halogenated alkanes) is 2. The molecule has 0 aliphatic rings. The Kier molecular flexibility index (Phi) is 24.2. The lowest BCUT2D eigenvalue weighted by atomic mass is 10.2. The number of carboxylic acid groups (broad SMARTS) is 1. The standard InChI is InChI=1S/C24H45N3O9/c1-2-6-21(28)26-11-15-35-19-18-34-14-9-23(30)27-12-16-36-20-17-33-13-8-22(29)25-10-5-3-4-7-24(31)32/h2-20H2,1H3,(H,25,29)(H,26,28)(H,27,30)(H,31,32). The van der Waals surface area contributed by atoms with Crippen molar-refractivity contribution < 1.29 is 43.2 Å². The van der Waals surface area contributed by atoms with Crippen molar-refractivity contribution in [3.05, 3.63) is 0 Å². The van der Waals surface area contributed by atoms with Crippen LogP contribution in [0.15, 0.2) is 0 Å². The zero-order valence-electron chi connectivity index (χ0n) is 21.6. The van der Waals surface area contributed by atoms with E-state index in [1.165, 1.54) is 0 Å². The van der Waals surface area contributed by atoms with E-state index in [-0.39, 0.29) is 37.0 Å². The number of amides is 3. The summed E-state index contributed by atoms with van der Waals surface area (Å²) in [7, 11) is 0. The first-order chi connectivity index (χ1) is 17.5. The molecule has 210 valence electrons. The van der Waals surface area contributed by atoms with Gasteiger partial charge in [-0.1, -0.05) is 13.3 Å². The molecule has 3 amide bonds. The first kappa shape index (κ1) is 33.7. The van der Waals surface area contributed by atoms with Gasteiger partial charge in [0.2, 0.25) is 17.7 Å². The Morgan fingerprint density at radius 1 is 0.528 bits per heavy atom. The topological polar surface area (TPSA) is 162 Å². The van der Waals surface area contributed by atoms with Crippen LogP contribution in [0.2, 0.25) is 0 Å². The van der Waals surface area contributed by atoms with Crippen LogP contribution in [0.3, 0.4) is 0 Å². The molecule has 0 aliphatic heterocycles. The maximum atomic E-state index is 11.7. The van der Waals surface area contributed by atoms with Crippen LogP contribution in [0.25, 0.3) is 0 Å². The quantitative estimate of drug-likeness (QED) is 0.120. The van der Waals surface area contributed by atoms with Gasteiger partial charge in [0.1, 0.15) is 0 Å². The van der Waals surface area contributed by atoms with Crippen LogP contribution in [-0.2, 0) is 38.1 Å². The molecule has 0 saturated carbocycles. The second-order valence-corrected chi connectivity index (χ2v) is 7.95. The second kappa shape index (κ2) is 25.8. The molecule has 0 aromatic carbocycles. The lowest BCUT2D eigenvalue weighted by Gasteiger charge is -2.09. The highest BCUT2D eigenvalue weighted by Crippen LogP contribution is 1.98. The Morgan fingerprint density at radius 2 is 0.972 bits per heavy atom. The largest absolute Gasteiger partial charge is 0.481 e. The molecule has 4 N–H and O–H groups in total. The van der Waals surface area contributed by atoms with Gasteiger partial charge in [0.05, 0.1) is 52.9 Å². The van der Waals surface area contributed by atoms with E-state index in [9.17, 15) is 19.2 Å². The normalized spacial score (nSPS) is 10.7. The molecular weight excluding hydrogens is 474 g/mol. The summed E-state index contributed by atoms with van der Waals surface area (Å²) in [6.45, 7) is 6.26. The molecule has 0 unspecified atom stereocenters. The maximum Gasteiger partial charge on any atom is 0.303 e. The number of nitrogens with one attached hydrogen (secondary N) is 3. The van der Waals surface area contributed by atoms with Crippen LogP contribution in [0.5, 0.6) is 0 Å². The smallest absolute Gasteiger partial charge is 0.303 e. The average Bonchev–Trinajstić information content (AvgIpc) is 2.84. The molecule has 0 rings (SSSR count). The minimum Gasteiger partial charge on any atom is -0.481 e. The minimum atomic E-state index is -0.799. The lowest BCUT2D eigenvalue weighted by Crippen LogP contribution is -2.29. The summed E-state index contributed by atoms with van der Waals surface area (Å²) in [4.78, 5) is 45.0. The Labute approximate surface area is 214 Å². The summed E-state index contributed by atoms with van der Waals surface area (Å²) in [6, 6.07) is 0. The third kappa shape index (κ3) is 26.3. The van der Waals surface area contributed by atoms with Gasteiger partial charge >= 0.3 is 5.97 Å². The molecule has 0 aromatic heterocycles. The number of ether oxygens (including phenoxy) is 4. The van der Waals surface area contributed by atoms with Crippen molar-refractivity contribution in [1.29, 1.82) is 0 Å². The number of carboxylic acids is 1. The fraction of sp³-hybridized carbons (Fsp3) is 0.833. The second-order valence-electron chi connectivity index (χ2n) is 7.95. The molecule has 0 radical (unpaired) electrons. The Balaban J connectivity index is 3.30. The van der Waals surface area contributed by atoms with Crippen molar-refractivity contribution in [2.75, 3.05) is 72.5 Å². The SMILES string of the molecule is CCCC(=O)NCCOCCOCCC(=O)NCCOCCOCCC(=O)NCCCCCC(=O)O. The molecule has 0 fully saturated rings. The zero-order valence-corrected chi connectivity index (χ0v) is 21.6. The van der Waals surface area contributed by atoms with Crippen LogP contribution in [0.1, 0.15) is 58.3 Å². The van der Waals surface area contributed by atoms with Gasteiger partial charge in [-0.2, -0.15) is 0 Å². The van der Waals surface area contributed by atoms with Gasteiger partial charge in [0.15, 0.2) is 0 Å². The minimum absolute atomic E-state index is 0.0275. The summed E-state index contributed by atoms with van der Waals surface area (Å²) < 4.78 is 21.4. The summed E-state index contributed by atoms with van der Waals surface area (Å²) in [5.74, 6) is -0.990. The van der Waals surface area contributed by atoms with Gasteiger partial charge < -0.3 is 40.0 Å². The van der Waals surface area contributed by atoms with Gasteiger partial charge in [-0.25, -0.2) is 0 Å². The van der Waals surface area contributed by atoms with Gasteiger partial charge in [0, 0.05) is 45.3 Å². The first-order valence-electron chi connectivity index (χ1n) is 12.8. The summed E-state index contributed by atoms with van der Waals surface area (Å²) >= 11 is 0. The predicted octanol–water partition coefficient (Wildman–Crippen LogP) is 0.627. The van der Waals surface area contributed by atoms with Crippen molar-refractivity contribution in [3.63, 3.8) is 0 Å². The van der Waals surface area contributed by atoms with Crippen molar-refractivity contribution >= 4 is 23.7 Å². The molecule has 0 bridgehead atoms. The molecular formula is C24H45N3O9. The highest BCUT2D eigenvalue weighted by molar-refractivity contribution is 5.76. The van der Waals surface area contributed by atoms with E-state index >= 15 is 0 Å². The van der Waals surface area contributed by atoms with Crippen LogP contribution >= 0.6 is 0 Å². The molecule has 12 nitrogen and oxygen atoms in total. The van der Waals surface area contributed by atoms with E-state index in [2.05, 4.69) is 16.0 Å². The number of carbonyl (C=O) groups is 4. The van der Waals surface area contributed by atoms with Gasteiger partial charge in [-0.05, 0) is 19.3 Å². The molecule has 0 atom stereocenters. The fourth-order valence-corrected chi connectivity index (χ4v) is 2.80. The van der Waals surface area contributed by atoms with Crippen molar-refractivity contribution in [2.24, 2.45) is 0 Å². The van der Waals surface area contributed by atoms with E-state index in [0.717, 1.165) is 19.3 Å². The zero-order chi connectivity index (χ0) is 26.7. The third-order valence-corrected chi connectivity index (χ3v) is 4.69. The number of aliphatic carboxylic acids is 1. The summed E-state index contributed by atoms with van der Waals surface area (Å²) in [5.41, 5.74) is 0. The van der Waals surface area contributed by atoms with E-state index in [1.807, 2.05) is 6.92 Å². The number of hydrogen-bond acceptors (Lipinski definition) is 8. The van der Waals surface area contributed by atoms with Gasteiger partial charge in [-0.15, -0.1) is 0 Å². The van der Waals surface area contributed by atoms with Gasteiger partial charge in [-0.3, -0.25) is 19.2 Å². The van der Waals surface area contributed by atoms with E-state index in [0.29, 0.717) is 85.3 Å². The Hall–Kier alpha value is -2.28. The average molecular weight is 520 g/mol. The van der Waals surface area contributed by atoms with E-state index < -0.39 is 5.97 Å². The van der Waals surface area contributed by atoms with Crippen molar-refractivity contribution in [2.45, 2.75) is 58.3 Å². The number of hydrogen-bond donors (Lipinski definition) is 4. The molecule has 36 heavy (non-hydrogen) atoms. The van der Waals surface area contributed by atoms with Crippen molar-refractivity contribution in [3.8, 4) is 0 Å². The Morgan fingerprint density at radius 3 is 1.44 bits per heavy atom. The molecule has 0 heterocycles. The fourth-order valence-electron chi connectivity index (χ4n) is 2.80. The number of rotatable bonds is 26. The Bertz CT molecular complexity index is 591. The van der Waals surface area contributed by atoms with Gasteiger partial charge in [0.25, 0.3) is 0 Å². The molecule has 0 aromatic rings. The van der Waals surface area contributed by atoms with Crippen LogP contribution in [0, 0.1) is 0 Å². The molecule has 0 aliphatic carbocycles. The van der Waals surface area contributed by atoms with Crippen LogP contribution < -0.4 is 16.0 Å². The third-order valence-electron chi connectivity index (χ3n) is 4.69. The van der Waals surface area contributed by atoms with Crippen LogP contribution in [0.4, 0.5) is 0 Å². The highest BCUT2D eigenvalue weighted by atomic mass is 16.5.